The zero-order valence-electron chi connectivity index (χ0n) is 9.49. The third kappa shape index (κ3) is 3.55. The van der Waals surface area contributed by atoms with Crippen LogP contribution >= 0.6 is 11.6 Å². The lowest BCUT2D eigenvalue weighted by Gasteiger charge is -2.12. The maximum atomic E-state index is 10.6. The van der Waals surface area contributed by atoms with E-state index in [1.807, 2.05) is 37.2 Å². The number of rotatable bonds is 3. The third-order valence-corrected chi connectivity index (χ3v) is 2.25. The van der Waals surface area contributed by atoms with Crippen molar-refractivity contribution in [3.8, 4) is 0 Å². The average molecular weight is 240 g/mol. The maximum absolute atomic E-state index is 10.6. The van der Waals surface area contributed by atoms with Crippen molar-refractivity contribution < 1.29 is 4.79 Å². The maximum Gasteiger partial charge on any atom is 0.236 e. The zero-order chi connectivity index (χ0) is 12.1. The first-order valence-corrected chi connectivity index (χ1v) is 5.15. The van der Waals surface area contributed by atoms with E-state index in [1.165, 1.54) is 13.1 Å². The molecule has 0 saturated carbocycles. The number of nitrogens with zero attached hydrogens (tertiary/aromatic N) is 2. The van der Waals surface area contributed by atoms with Crippen molar-refractivity contribution in [1.29, 1.82) is 0 Å². The standard InChI is InChI=1S/C11H14ClN3O/c1-8(16)14-13-7-9-4-5-10(15(2)3)6-11(9)12/h4-7H,1-3H3,(H,14,16)/b13-7+. The molecule has 0 bridgehead atoms. The van der Waals surface area contributed by atoms with Crippen LogP contribution in [-0.2, 0) is 4.79 Å². The molecule has 1 N–H and O–H groups in total. The first kappa shape index (κ1) is 12.5. The molecule has 0 heterocycles. The Bertz CT molecular complexity index is 416. The molecule has 0 aromatic heterocycles. The van der Waals surface area contributed by atoms with Crippen LogP contribution in [0.4, 0.5) is 5.69 Å². The fourth-order valence-electron chi connectivity index (χ4n) is 1.09. The highest BCUT2D eigenvalue weighted by Crippen LogP contribution is 2.21. The largest absolute Gasteiger partial charge is 0.378 e. The Kier molecular flexibility index (Phi) is 4.31. The molecule has 0 unspecified atom stereocenters. The summed E-state index contributed by atoms with van der Waals surface area (Å²) in [5, 5.41) is 4.35. The Balaban J connectivity index is 2.83. The lowest BCUT2D eigenvalue weighted by Crippen LogP contribution is -2.12. The topological polar surface area (TPSA) is 44.7 Å². The number of anilines is 1. The minimum Gasteiger partial charge on any atom is -0.378 e. The lowest BCUT2D eigenvalue weighted by molar-refractivity contribution is -0.118. The quantitative estimate of drug-likeness (QED) is 0.647. The Morgan fingerprint density at radius 3 is 2.69 bits per heavy atom. The number of carbonyl (C=O) groups is 1. The molecule has 0 aliphatic rings. The minimum absolute atomic E-state index is 0.211. The molecule has 1 rings (SSSR count). The molecule has 0 atom stereocenters. The van der Waals surface area contributed by atoms with E-state index in [0.29, 0.717) is 5.02 Å². The molecule has 0 radical (unpaired) electrons. The summed E-state index contributed by atoms with van der Waals surface area (Å²) in [6.07, 6.45) is 1.52. The van der Waals surface area contributed by atoms with Crippen LogP contribution in [0.1, 0.15) is 12.5 Å². The van der Waals surface area contributed by atoms with Gasteiger partial charge in [0.2, 0.25) is 5.91 Å². The van der Waals surface area contributed by atoms with Crippen LogP contribution in [0, 0.1) is 0 Å². The number of nitrogens with one attached hydrogen (secondary N) is 1. The van der Waals surface area contributed by atoms with E-state index in [9.17, 15) is 4.79 Å². The van der Waals surface area contributed by atoms with Crippen molar-refractivity contribution in [3.05, 3.63) is 28.8 Å². The van der Waals surface area contributed by atoms with Crippen LogP contribution in [0.15, 0.2) is 23.3 Å². The fraction of sp³-hybridized carbons (Fsp3) is 0.273. The summed E-state index contributed by atoms with van der Waals surface area (Å²) in [6.45, 7) is 1.40. The molecule has 1 amide bonds. The average Bonchev–Trinajstić information content (AvgIpc) is 2.19. The number of amides is 1. The minimum atomic E-state index is -0.211. The van der Waals surface area contributed by atoms with Crippen molar-refractivity contribution in [3.63, 3.8) is 0 Å². The number of hydrazone groups is 1. The molecule has 1 aromatic rings. The highest BCUT2D eigenvalue weighted by Gasteiger charge is 2.01. The van der Waals surface area contributed by atoms with E-state index in [0.717, 1.165) is 11.3 Å². The normalized spacial score (nSPS) is 10.5. The van der Waals surface area contributed by atoms with Gasteiger partial charge in [0.1, 0.15) is 0 Å². The summed E-state index contributed by atoms with van der Waals surface area (Å²) >= 11 is 6.06. The number of halogens is 1. The highest BCUT2D eigenvalue weighted by molar-refractivity contribution is 6.33. The zero-order valence-corrected chi connectivity index (χ0v) is 10.2. The van der Waals surface area contributed by atoms with Crippen LogP contribution in [0.2, 0.25) is 5.02 Å². The van der Waals surface area contributed by atoms with Gasteiger partial charge in [-0.1, -0.05) is 11.6 Å². The SMILES string of the molecule is CC(=O)N/N=C/c1ccc(N(C)C)cc1Cl. The molecular formula is C11H14ClN3O. The van der Waals surface area contributed by atoms with Gasteiger partial charge in [-0.3, -0.25) is 4.79 Å². The van der Waals surface area contributed by atoms with Crippen molar-refractivity contribution in [2.24, 2.45) is 5.10 Å². The molecule has 5 heteroatoms. The Hall–Kier alpha value is -1.55. The molecule has 0 aliphatic carbocycles. The molecule has 1 aromatic carbocycles. The molecular weight excluding hydrogens is 226 g/mol. The van der Waals surface area contributed by atoms with Gasteiger partial charge < -0.3 is 4.90 Å². The van der Waals surface area contributed by atoms with Crippen molar-refractivity contribution in [1.82, 2.24) is 5.43 Å². The molecule has 0 aliphatic heterocycles. The molecule has 16 heavy (non-hydrogen) atoms. The number of hydrogen-bond donors (Lipinski definition) is 1. The lowest BCUT2D eigenvalue weighted by atomic mass is 10.2. The van der Waals surface area contributed by atoms with Gasteiger partial charge in [-0.25, -0.2) is 5.43 Å². The van der Waals surface area contributed by atoms with E-state index >= 15 is 0 Å². The van der Waals surface area contributed by atoms with E-state index in [-0.39, 0.29) is 5.91 Å². The van der Waals surface area contributed by atoms with Crippen molar-refractivity contribution >= 4 is 29.4 Å². The summed E-state index contributed by atoms with van der Waals surface area (Å²) in [4.78, 5) is 12.6. The van der Waals surface area contributed by atoms with Crippen LogP contribution in [0.3, 0.4) is 0 Å². The fourth-order valence-corrected chi connectivity index (χ4v) is 1.32. The Morgan fingerprint density at radius 1 is 1.50 bits per heavy atom. The van der Waals surface area contributed by atoms with E-state index in [2.05, 4.69) is 10.5 Å². The molecule has 86 valence electrons. The van der Waals surface area contributed by atoms with Gasteiger partial charge in [-0.05, 0) is 18.2 Å². The second-order valence-electron chi connectivity index (χ2n) is 3.53. The summed E-state index contributed by atoms with van der Waals surface area (Å²) in [6, 6.07) is 5.63. The molecule has 0 saturated heterocycles. The molecule has 0 fully saturated rings. The predicted molar refractivity (Wildman–Crippen MR) is 67.2 cm³/mol. The Labute approximate surface area is 99.9 Å². The van der Waals surface area contributed by atoms with E-state index < -0.39 is 0 Å². The first-order valence-electron chi connectivity index (χ1n) is 4.77. The summed E-state index contributed by atoms with van der Waals surface area (Å²) in [5.41, 5.74) is 4.10. The summed E-state index contributed by atoms with van der Waals surface area (Å²) in [5.74, 6) is -0.211. The van der Waals surface area contributed by atoms with Crippen LogP contribution in [0.25, 0.3) is 0 Å². The van der Waals surface area contributed by atoms with Crippen LogP contribution in [-0.4, -0.2) is 26.2 Å². The van der Waals surface area contributed by atoms with Crippen molar-refractivity contribution in [2.45, 2.75) is 6.92 Å². The Morgan fingerprint density at radius 2 is 2.19 bits per heavy atom. The van der Waals surface area contributed by atoms with Gasteiger partial charge in [0.15, 0.2) is 0 Å². The van der Waals surface area contributed by atoms with Gasteiger partial charge in [-0.15, -0.1) is 0 Å². The van der Waals surface area contributed by atoms with E-state index in [1.54, 1.807) is 0 Å². The first-order chi connectivity index (χ1) is 7.50. The number of benzene rings is 1. The van der Waals surface area contributed by atoms with E-state index in [4.69, 9.17) is 11.6 Å². The highest BCUT2D eigenvalue weighted by atomic mass is 35.5. The summed E-state index contributed by atoms with van der Waals surface area (Å²) < 4.78 is 0. The van der Waals surface area contributed by atoms with Gasteiger partial charge in [-0.2, -0.15) is 5.10 Å². The summed E-state index contributed by atoms with van der Waals surface area (Å²) in [7, 11) is 3.88. The van der Waals surface area contributed by atoms with Gasteiger partial charge in [0.05, 0.1) is 11.2 Å². The number of hydrogen-bond acceptors (Lipinski definition) is 3. The van der Waals surface area contributed by atoms with Gasteiger partial charge in [0, 0.05) is 32.3 Å². The predicted octanol–water partition coefficient (Wildman–Crippen LogP) is 1.88. The second-order valence-corrected chi connectivity index (χ2v) is 3.93. The molecule has 4 nitrogen and oxygen atoms in total. The smallest absolute Gasteiger partial charge is 0.236 e. The van der Waals surface area contributed by atoms with Crippen molar-refractivity contribution in [2.75, 3.05) is 19.0 Å². The monoisotopic (exact) mass is 239 g/mol. The van der Waals surface area contributed by atoms with Crippen LogP contribution < -0.4 is 10.3 Å². The molecule has 0 spiro atoms. The van der Waals surface area contributed by atoms with Crippen LogP contribution in [0.5, 0.6) is 0 Å². The second kappa shape index (κ2) is 5.51. The van der Waals surface area contributed by atoms with Gasteiger partial charge in [0.25, 0.3) is 0 Å². The van der Waals surface area contributed by atoms with Gasteiger partial charge >= 0.3 is 0 Å². The number of carbonyl (C=O) groups excluding carboxylic acids is 1. The third-order valence-electron chi connectivity index (χ3n) is 1.93.